The molecule has 5 heteroatoms. The molecular weight excluding hydrogens is 216 g/mol. The molecule has 2 aromatic rings. The van der Waals surface area contributed by atoms with E-state index in [0.29, 0.717) is 12.2 Å². The van der Waals surface area contributed by atoms with Gasteiger partial charge in [0, 0.05) is 26.0 Å². The minimum absolute atomic E-state index is 0.0602. The Kier molecular flexibility index (Phi) is 3.18. The monoisotopic (exact) mass is 230 g/mol. The molecule has 0 amide bonds. The first-order chi connectivity index (χ1) is 8.20. The lowest BCUT2D eigenvalue weighted by Gasteiger charge is -1.99. The topological polar surface area (TPSA) is 52.7 Å². The number of allylic oxidation sites excluding steroid dienone is 1. The fourth-order valence-corrected chi connectivity index (χ4v) is 1.56. The molecule has 2 heterocycles. The summed E-state index contributed by atoms with van der Waals surface area (Å²) in [6.07, 6.45) is 6.69. The summed E-state index contributed by atoms with van der Waals surface area (Å²) >= 11 is 0. The molecule has 0 aliphatic rings. The summed E-state index contributed by atoms with van der Waals surface area (Å²) in [5.74, 6) is -0.0602. The van der Waals surface area contributed by atoms with Crippen LogP contribution in [0.25, 0.3) is 6.08 Å². The number of nitrogens with zero attached hydrogens (tertiary/aromatic N) is 4. The fourth-order valence-electron chi connectivity index (χ4n) is 1.56. The highest BCUT2D eigenvalue weighted by molar-refractivity contribution is 6.05. The van der Waals surface area contributed by atoms with E-state index in [2.05, 4.69) is 10.2 Å². The Hall–Kier alpha value is -2.17. The van der Waals surface area contributed by atoms with Crippen molar-refractivity contribution in [2.45, 2.75) is 13.5 Å². The van der Waals surface area contributed by atoms with Gasteiger partial charge in [0.1, 0.15) is 5.69 Å². The van der Waals surface area contributed by atoms with E-state index >= 15 is 0 Å². The van der Waals surface area contributed by atoms with Gasteiger partial charge in [0.25, 0.3) is 0 Å². The molecule has 5 nitrogen and oxygen atoms in total. The smallest absolute Gasteiger partial charge is 0.203 e. The first kappa shape index (κ1) is 11.3. The zero-order valence-electron chi connectivity index (χ0n) is 9.87. The predicted octanol–water partition coefficient (Wildman–Crippen LogP) is 1.53. The molecule has 2 aromatic heterocycles. The summed E-state index contributed by atoms with van der Waals surface area (Å²) in [5, 5.41) is 8.22. The SMILES string of the molecule is CCn1nccc1C(=O)/C=C/c1ccn(C)n1. The fraction of sp³-hybridized carbons (Fsp3) is 0.250. The van der Waals surface area contributed by atoms with Crippen molar-refractivity contribution in [2.24, 2.45) is 7.05 Å². The summed E-state index contributed by atoms with van der Waals surface area (Å²) in [7, 11) is 1.84. The molecule has 2 rings (SSSR count). The highest BCUT2D eigenvalue weighted by Crippen LogP contribution is 2.04. The molecule has 0 N–H and O–H groups in total. The van der Waals surface area contributed by atoms with Crippen LogP contribution in [0.2, 0.25) is 0 Å². The number of ketones is 1. The van der Waals surface area contributed by atoms with Crippen LogP contribution in [-0.4, -0.2) is 25.3 Å². The molecule has 0 unspecified atom stereocenters. The van der Waals surface area contributed by atoms with Gasteiger partial charge in [0.05, 0.1) is 5.69 Å². The summed E-state index contributed by atoms with van der Waals surface area (Å²) in [4.78, 5) is 11.9. The van der Waals surface area contributed by atoms with E-state index < -0.39 is 0 Å². The summed E-state index contributed by atoms with van der Waals surface area (Å²) in [6.45, 7) is 2.64. The summed E-state index contributed by atoms with van der Waals surface area (Å²) in [5.41, 5.74) is 1.36. The van der Waals surface area contributed by atoms with Gasteiger partial charge in [-0.1, -0.05) is 0 Å². The first-order valence-electron chi connectivity index (χ1n) is 5.44. The standard InChI is InChI=1S/C12H14N4O/c1-3-16-11(6-8-13-16)12(17)5-4-10-7-9-15(2)14-10/h4-9H,3H2,1-2H3/b5-4+. The highest BCUT2D eigenvalue weighted by atomic mass is 16.1. The average Bonchev–Trinajstić information content (AvgIpc) is 2.94. The summed E-state index contributed by atoms with van der Waals surface area (Å²) < 4.78 is 3.37. The van der Waals surface area contributed by atoms with E-state index in [-0.39, 0.29) is 5.78 Å². The van der Waals surface area contributed by atoms with Gasteiger partial charge in [-0.2, -0.15) is 10.2 Å². The largest absolute Gasteiger partial charge is 0.288 e. The van der Waals surface area contributed by atoms with Crippen molar-refractivity contribution < 1.29 is 4.79 Å². The molecule has 0 saturated carbocycles. The zero-order chi connectivity index (χ0) is 12.3. The van der Waals surface area contributed by atoms with E-state index in [1.54, 1.807) is 27.7 Å². The van der Waals surface area contributed by atoms with Crippen LogP contribution in [0, 0.1) is 0 Å². The van der Waals surface area contributed by atoms with Crippen molar-refractivity contribution in [1.82, 2.24) is 19.6 Å². The minimum Gasteiger partial charge on any atom is -0.288 e. The number of hydrogen-bond donors (Lipinski definition) is 0. The van der Waals surface area contributed by atoms with Gasteiger partial charge in [-0.15, -0.1) is 0 Å². The molecule has 0 atom stereocenters. The van der Waals surface area contributed by atoms with E-state index in [9.17, 15) is 4.79 Å². The number of rotatable bonds is 4. The number of hydrogen-bond acceptors (Lipinski definition) is 3. The van der Waals surface area contributed by atoms with Crippen molar-refractivity contribution in [3.63, 3.8) is 0 Å². The number of aryl methyl sites for hydroxylation is 2. The highest BCUT2D eigenvalue weighted by Gasteiger charge is 2.07. The Bertz CT molecular complexity index is 550. The van der Waals surface area contributed by atoms with E-state index in [1.807, 2.05) is 26.2 Å². The number of carbonyl (C=O) groups excluding carboxylic acids is 1. The second-order valence-electron chi connectivity index (χ2n) is 3.64. The average molecular weight is 230 g/mol. The van der Waals surface area contributed by atoms with Crippen molar-refractivity contribution in [3.8, 4) is 0 Å². The van der Waals surface area contributed by atoms with Crippen LogP contribution >= 0.6 is 0 Å². The van der Waals surface area contributed by atoms with Gasteiger partial charge in [0.2, 0.25) is 5.78 Å². The van der Waals surface area contributed by atoms with Crippen LogP contribution in [0.1, 0.15) is 23.1 Å². The van der Waals surface area contributed by atoms with Crippen molar-refractivity contribution in [2.75, 3.05) is 0 Å². The molecule has 0 aliphatic carbocycles. The lowest BCUT2D eigenvalue weighted by Crippen LogP contribution is -2.07. The maximum Gasteiger partial charge on any atom is 0.203 e. The Morgan fingerprint density at radius 1 is 1.47 bits per heavy atom. The van der Waals surface area contributed by atoms with Crippen LogP contribution < -0.4 is 0 Å². The van der Waals surface area contributed by atoms with Crippen molar-refractivity contribution >= 4 is 11.9 Å². The zero-order valence-corrected chi connectivity index (χ0v) is 9.87. The number of aromatic nitrogens is 4. The molecule has 0 aromatic carbocycles. The van der Waals surface area contributed by atoms with Gasteiger partial charge in [-0.25, -0.2) is 0 Å². The predicted molar refractivity (Wildman–Crippen MR) is 64.5 cm³/mol. The van der Waals surface area contributed by atoms with Crippen molar-refractivity contribution in [3.05, 3.63) is 42.0 Å². The minimum atomic E-state index is -0.0602. The maximum atomic E-state index is 11.9. The van der Waals surface area contributed by atoms with Gasteiger partial charge in [-0.05, 0) is 31.2 Å². The normalized spacial score (nSPS) is 11.2. The van der Waals surface area contributed by atoms with Gasteiger partial charge in [-0.3, -0.25) is 14.2 Å². The lowest BCUT2D eigenvalue weighted by molar-refractivity contribution is 0.103. The van der Waals surface area contributed by atoms with Gasteiger partial charge >= 0.3 is 0 Å². The Morgan fingerprint density at radius 2 is 2.29 bits per heavy atom. The third kappa shape index (κ3) is 2.50. The summed E-state index contributed by atoms with van der Waals surface area (Å²) in [6, 6.07) is 3.56. The maximum absolute atomic E-state index is 11.9. The van der Waals surface area contributed by atoms with Crippen LogP contribution in [0.4, 0.5) is 0 Å². The lowest BCUT2D eigenvalue weighted by atomic mass is 10.2. The van der Waals surface area contributed by atoms with Crippen LogP contribution in [-0.2, 0) is 13.6 Å². The van der Waals surface area contributed by atoms with Gasteiger partial charge in [0.15, 0.2) is 0 Å². The van der Waals surface area contributed by atoms with E-state index in [0.717, 1.165) is 5.69 Å². The van der Waals surface area contributed by atoms with E-state index in [4.69, 9.17) is 0 Å². The van der Waals surface area contributed by atoms with Crippen molar-refractivity contribution in [1.29, 1.82) is 0 Å². The Balaban J connectivity index is 2.14. The first-order valence-corrected chi connectivity index (χ1v) is 5.44. The van der Waals surface area contributed by atoms with Crippen LogP contribution in [0.3, 0.4) is 0 Å². The molecule has 0 saturated heterocycles. The Labute approximate surface area is 99.4 Å². The molecule has 0 radical (unpaired) electrons. The molecular formula is C12H14N4O. The van der Waals surface area contributed by atoms with Crippen LogP contribution in [0.15, 0.2) is 30.6 Å². The molecule has 0 fully saturated rings. The van der Waals surface area contributed by atoms with Crippen LogP contribution in [0.5, 0.6) is 0 Å². The quantitative estimate of drug-likeness (QED) is 0.591. The molecule has 88 valence electrons. The molecule has 0 spiro atoms. The third-order valence-corrected chi connectivity index (χ3v) is 2.41. The second kappa shape index (κ2) is 4.78. The number of carbonyl (C=O) groups is 1. The molecule has 0 bridgehead atoms. The van der Waals surface area contributed by atoms with E-state index in [1.165, 1.54) is 6.08 Å². The molecule has 0 aliphatic heterocycles. The van der Waals surface area contributed by atoms with Gasteiger partial charge < -0.3 is 0 Å². The Morgan fingerprint density at radius 3 is 2.94 bits per heavy atom. The molecule has 17 heavy (non-hydrogen) atoms. The third-order valence-electron chi connectivity index (χ3n) is 2.41. The second-order valence-corrected chi connectivity index (χ2v) is 3.64.